The summed E-state index contributed by atoms with van der Waals surface area (Å²) < 4.78 is 44.0. The largest absolute Gasteiger partial charge is 0.403 e. The number of nitrogens with one attached hydrogen (secondary N) is 3. The van der Waals surface area contributed by atoms with Gasteiger partial charge < -0.3 is 35.6 Å². The number of alkyl halides is 3. The predicted molar refractivity (Wildman–Crippen MR) is 244 cm³/mol. The number of likely N-dealkylation sites (tertiary alicyclic amines) is 1. The zero-order valence-corrected chi connectivity index (χ0v) is 40.6. The molecule has 2 saturated carbocycles. The van der Waals surface area contributed by atoms with Gasteiger partial charge in [-0.3, -0.25) is 33.6 Å². The molecule has 6 atom stereocenters. The fourth-order valence-corrected chi connectivity index (χ4v) is 10.3. The quantitative estimate of drug-likeness (QED) is 0.229. The van der Waals surface area contributed by atoms with Crippen molar-refractivity contribution in [1.29, 1.82) is 0 Å². The normalized spacial score (nSPS) is 25.6. The van der Waals surface area contributed by atoms with Gasteiger partial charge in [-0.25, -0.2) is 0 Å². The molecule has 0 aromatic heterocycles. The number of hydrogen-bond donors (Lipinski definition) is 3. The Morgan fingerprint density at radius 1 is 0.864 bits per heavy atom. The van der Waals surface area contributed by atoms with E-state index in [1.807, 2.05) is 13.8 Å². The molecule has 66 heavy (non-hydrogen) atoms. The van der Waals surface area contributed by atoms with Crippen LogP contribution in [-0.4, -0.2) is 137 Å². The van der Waals surface area contributed by atoms with Gasteiger partial charge >= 0.3 is 6.18 Å². The third-order valence-electron chi connectivity index (χ3n) is 13.9. The Labute approximate surface area is 396 Å². The van der Waals surface area contributed by atoms with E-state index in [1.54, 1.807) is 39.1 Å². The predicted octanol–water partition coefficient (Wildman–Crippen LogP) is 6.05. The SMILES string of the molecule is CC[C@H]1NC(=O)[C@H](Cc2cc(Cl)ccc2Cl)N(C)C(=O)[C@H](CC(C)C)NC(=O)[C@@H](N(CC)C(=O)C(NC(=O)[C@@H]2CCCN2C(=O)C2(C(F)(F)F)CCCCC2)C2CC2)CCCCN(C)C1=O. The number of carbonyl (C=O) groups excluding carboxylic acids is 7. The Morgan fingerprint density at radius 3 is 2.14 bits per heavy atom. The maximum atomic E-state index is 14.8. The third kappa shape index (κ3) is 12.3. The molecule has 368 valence electrons. The Bertz CT molecular complexity index is 1950. The number of rotatable bonds is 12. The summed E-state index contributed by atoms with van der Waals surface area (Å²) in [7, 11) is 3.06. The standard InChI is InChI=1S/C47H68Cl2F3N7O7/c1-7-33-42(63)56(5)23-13-10-15-35(39(60)54-34(25-28(3)4)43(64)57(6)37(41(62)53-33)27-30-26-31(48)19-20-32(30)49)58(8-2)44(65)38(29-17-18-29)55-40(61)36-16-14-24-59(36)45(66)46(47(50,51)52)21-11-9-12-22-46/h19-20,26,28-29,33-38H,7-18,21-25,27H2,1-6H3,(H,53,62)(H,54,60)(H,55,61)/t33-,34+,35+,36+,37+,38?/m1/s1. The van der Waals surface area contributed by atoms with Gasteiger partial charge in [-0.05, 0) is 113 Å². The van der Waals surface area contributed by atoms with Crippen molar-refractivity contribution < 1.29 is 46.7 Å². The van der Waals surface area contributed by atoms with Crippen molar-refractivity contribution >= 4 is 64.6 Å². The maximum absolute atomic E-state index is 14.8. The molecule has 14 nitrogen and oxygen atoms in total. The van der Waals surface area contributed by atoms with Gasteiger partial charge in [0.2, 0.25) is 41.4 Å². The van der Waals surface area contributed by atoms with Crippen LogP contribution in [0.3, 0.4) is 0 Å². The van der Waals surface area contributed by atoms with Crippen LogP contribution in [0.25, 0.3) is 0 Å². The Morgan fingerprint density at radius 2 is 1.53 bits per heavy atom. The number of benzene rings is 1. The van der Waals surface area contributed by atoms with Gasteiger partial charge in [-0.15, -0.1) is 0 Å². The van der Waals surface area contributed by atoms with Crippen molar-refractivity contribution in [2.45, 2.75) is 166 Å². The lowest BCUT2D eigenvalue weighted by Gasteiger charge is -2.41. The molecule has 7 amide bonds. The Balaban J connectivity index is 1.45. The average molecular weight is 971 g/mol. The molecule has 3 N–H and O–H groups in total. The molecule has 1 aromatic rings. The maximum Gasteiger partial charge on any atom is 0.403 e. The van der Waals surface area contributed by atoms with Gasteiger partial charge in [0.05, 0.1) is 0 Å². The lowest BCUT2D eigenvalue weighted by molar-refractivity contribution is -0.236. The topological polar surface area (TPSA) is 169 Å². The van der Waals surface area contributed by atoms with E-state index < -0.39 is 83.3 Å². The summed E-state index contributed by atoms with van der Waals surface area (Å²) >= 11 is 12.9. The summed E-state index contributed by atoms with van der Waals surface area (Å²) in [5.74, 6) is -4.95. The molecule has 0 radical (unpaired) electrons. The fourth-order valence-electron chi connectivity index (χ4n) is 9.87. The van der Waals surface area contributed by atoms with E-state index in [1.165, 1.54) is 21.7 Å². The van der Waals surface area contributed by atoms with Crippen LogP contribution in [0.15, 0.2) is 18.2 Å². The summed E-state index contributed by atoms with van der Waals surface area (Å²) in [5.41, 5.74) is -2.08. The number of amides is 7. The molecule has 2 heterocycles. The first kappa shape index (κ1) is 52.8. The molecule has 2 aliphatic carbocycles. The molecule has 4 aliphatic rings. The van der Waals surface area contributed by atoms with Crippen molar-refractivity contribution in [1.82, 2.24) is 35.6 Å². The molecule has 2 saturated heterocycles. The highest BCUT2D eigenvalue weighted by Gasteiger charge is 2.62. The lowest BCUT2D eigenvalue weighted by Crippen LogP contribution is -2.61. The first-order chi connectivity index (χ1) is 31.1. The minimum atomic E-state index is -4.79. The molecular weight excluding hydrogens is 902 g/mol. The first-order valence-electron chi connectivity index (χ1n) is 23.7. The van der Waals surface area contributed by atoms with Gasteiger partial charge in [0.1, 0.15) is 41.7 Å². The van der Waals surface area contributed by atoms with Gasteiger partial charge in [0.25, 0.3) is 0 Å². The minimum Gasteiger partial charge on any atom is -0.344 e. The van der Waals surface area contributed by atoms with Crippen molar-refractivity contribution in [2.75, 3.05) is 33.7 Å². The van der Waals surface area contributed by atoms with Crippen molar-refractivity contribution in [3.63, 3.8) is 0 Å². The lowest BCUT2D eigenvalue weighted by atomic mass is 9.72. The molecule has 4 fully saturated rings. The third-order valence-corrected chi connectivity index (χ3v) is 14.5. The Hall–Kier alpha value is -4.12. The number of halogens is 5. The first-order valence-corrected chi connectivity index (χ1v) is 24.5. The van der Waals surface area contributed by atoms with Crippen LogP contribution in [-0.2, 0) is 40.0 Å². The second kappa shape index (κ2) is 22.8. The second-order valence-corrected chi connectivity index (χ2v) is 19.9. The molecular formula is C47H68Cl2F3N7O7. The van der Waals surface area contributed by atoms with Crippen LogP contribution in [0.2, 0.25) is 10.0 Å². The van der Waals surface area contributed by atoms with Crippen LogP contribution in [0.1, 0.15) is 123 Å². The summed E-state index contributed by atoms with van der Waals surface area (Å²) in [6.45, 7) is 7.50. The monoisotopic (exact) mass is 969 g/mol. The van der Waals surface area contributed by atoms with Crippen LogP contribution < -0.4 is 16.0 Å². The zero-order valence-electron chi connectivity index (χ0n) is 39.1. The number of nitrogens with zero attached hydrogens (tertiary/aromatic N) is 4. The summed E-state index contributed by atoms with van der Waals surface area (Å²) in [5, 5.41) is 9.28. The van der Waals surface area contributed by atoms with E-state index in [-0.39, 0.29) is 95.2 Å². The molecule has 0 bridgehead atoms. The summed E-state index contributed by atoms with van der Waals surface area (Å²) in [6, 6.07) is -1.94. The van der Waals surface area contributed by atoms with Crippen LogP contribution in [0, 0.1) is 17.3 Å². The van der Waals surface area contributed by atoms with E-state index in [2.05, 4.69) is 16.0 Å². The van der Waals surface area contributed by atoms with E-state index in [9.17, 15) is 46.7 Å². The van der Waals surface area contributed by atoms with Crippen molar-refractivity contribution in [3.8, 4) is 0 Å². The number of likely N-dealkylation sites (N-methyl/N-ethyl adjacent to an activating group) is 3. The van der Waals surface area contributed by atoms with Gasteiger partial charge in [-0.1, -0.05) is 63.2 Å². The highest BCUT2D eigenvalue weighted by atomic mass is 35.5. The fraction of sp³-hybridized carbons (Fsp3) is 0.723. The van der Waals surface area contributed by atoms with Crippen LogP contribution in [0.4, 0.5) is 13.2 Å². The average Bonchev–Trinajstić information content (AvgIpc) is 4.00. The zero-order chi connectivity index (χ0) is 48.7. The molecule has 19 heteroatoms. The highest BCUT2D eigenvalue weighted by molar-refractivity contribution is 6.33. The molecule has 0 spiro atoms. The summed E-state index contributed by atoms with van der Waals surface area (Å²) in [6.07, 6.45) is -1.43. The van der Waals surface area contributed by atoms with Gasteiger partial charge in [0.15, 0.2) is 0 Å². The number of hydrogen-bond acceptors (Lipinski definition) is 7. The van der Waals surface area contributed by atoms with Crippen LogP contribution >= 0.6 is 23.2 Å². The number of carbonyl (C=O) groups is 7. The van der Waals surface area contributed by atoms with E-state index in [4.69, 9.17) is 23.2 Å². The smallest absolute Gasteiger partial charge is 0.344 e. The molecule has 1 unspecified atom stereocenters. The Kier molecular flexibility index (Phi) is 18.2. The second-order valence-electron chi connectivity index (χ2n) is 19.1. The van der Waals surface area contributed by atoms with Crippen molar-refractivity contribution in [2.24, 2.45) is 17.3 Å². The molecule has 2 aliphatic heterocycles. The minimum absolute atomic E-state index is 0.00870. The van der Waals surface area contributed by atoms with E-state index in [0.717, 1.165) is 4.90 Å². The van der Waals surface area contributed by atoms with Crippen molar-refractivity contribution in [3.05, 3.63) is 33.8 Å². The van der Waals surface area contributed by atoms with E-state index >= 15 is 0 Å². The van der Waals surface area contributed by atoms with Gasteiger partial charge in [-0.2, -0.15) is 13.2 Å². The molecule has 1 aromatic carbocycles. The highest BCUT2D eigenvalue weighted by Crippen LogP contribution is 2.51. The molecule has 5 rings (SSSR count). The van der Waals surface area contributed by atoms with Gasteiger partial charge in [0, 0.05) is 50.2 Å². The van der Waals surface area contributed by atoms with Crippen LogP contribution in [0.5, 0.6) is 0 Å². The summed E-state index contributed by atoms with van der Waals surface area (Å²) in [4.78, 5) is 105. The van der Waals surface area contributed by atoms with E-state index in [0.29, 0.717) is 54.1 Å².